The van der Waals surface area contributed by atoms with Crippen LogP contribution in [0.1, 0.15) is 24.2 Å². The smallest absolute Gasteiger partial charge is 0.251 e. The first-order chi connectivity index (χ1) is 8.02. The first kappa shape index (κ1) is 14.0. The van der Waals surface area contributed by atoms with Crippen LogP contribution in [0.25, 0.3) is 0 Å². The minimum Gasteiger partial charge on any atom is -0.399 e. The molecule has 94 valence electrons. The second-order valence-corrected chi connectivity index (χ2v) is 4.72. The molecule has 0 aromatic heterocycles. The zero-order chi connectivity index (χ0) is 12.8. The zero-order valence-corrected chi connectivity index (χ0v) is 11.6. The monoisotopic (exact) mass is 300 g/mol. The molecule has 1 atom stereocenters. The summed E-state index contributed by atoms with van der Waals surface area (Å²) >= 11 is 3.30. The van der Waals surface area contributed by atoms with Gasteiger partial charge in [0.15, 0.2) is 0 Å². The van der Waals surface area contributed by atoms with Crippen LogP contribution in [0.2, 0.25) is 0 Å². The molecule has 1 aromatic rings. The highest BCUT2D eigenvalue weighted by atomic mass is 79.9. The van der Waals surface area contributed by atoms with Crippen molar-refractivity contribution in [3.05, 3.63) is 28.2 Å². The van der Waals surface area contributed by atoms with Gasteiger partial charge in [-0.3, -0.25) is 4.79 Å². The van der Waals surface area contributed by atoms with Crippen molar-refractivity contribution in [2.24, 2.45) is 0 Å². The summed E-state index contributed by atoms with van der Waals surface area (Å²) in [4.78, 5) is 11.9. The maximum atomic E-state index is 11.9. The van der Waals surface area contributed by atoms with E-state index in [0.717, 1.165) is 4.47 Å². The molecule has 1 unspecified atom stereocenters. The maximum absolute atomic E-state index is 11.9. The van der Waals surface area contributed by atoms with Crippen LogP contribution in [0, 0.1) is 0 Å². The van der Waals surface area contributed by atoms with E-state index in [1.54, 1.807) is 18.2 Å². The summed E-state index contributed by atoms with van der Waals surface area (Å²) in [5.41, 5.74) is 6.77. The lowest BCUT2D eigenvalue weighted by molar-refractivity contribution is 0.0872. The quantitative estimate of drug-likeness (QED) is 0.819. The summed E-state index contributed by atoms with van der Waals surface area (Å²) in [6.45, 7) is 4.97. The molecule has 0 saturated heterocycles. The van der Waals surface area contributed by atoms with Crippen molar-refractivity contribution in [1.29, 1.82) is 0 Å². The molecule has 0 radical (unpaired) electrons. The molecule has 0 fully saturated rings. The van der Waals surface area contributed by atoms with Gasteiger partial charge in [-0.15, -0.1) is 0 Å². The van der Waals surface area contributed by atoms with Crippen LogP contribution < -0.4 is 11.1 Å². The fraction of sp³-hybridized carbons (Fsp3) is 0.417. The number of rotatable bonds is 5. The third kappa shape index (κ3) is 4.75. The summed E-state index contributed by atoms with van der Waals surface area (Å²) in [5.74, 6) is -0.148. The van der Waals surface area contributed by atoms with Crippen molar-refractivity contribution in [3.63, 3.8) is 0 Å². The van der Waals surface area contributed by atoms with Crippen molar-refractivity contribution in [2.45, 2.75) is 19.9 Å². The molecule has 0 spiro atoms. The van der Waals surface area contributed by atoms with Crippen molar-refractivity contribution in [2.75, 3.05) is 18.9 Å². The van der Waals surface area contributed by atoms with Crippen molar-refractivity contribution in [1.82, 2.24) is 5.32 Å². The minimum absolute atomic E-state index is 0.0253. The van der Waals surface area contributed by atoms with Crippen molar-refractivity contribution < 1.29 is 9.53 Å². The van der Waals surface area contributed by atoms with E-state index in [9.17, 15) is 4.79 Å². The Labute approximate surface area is 110 Å². The summed E-state index contributed by atoms with van der Waals surface area (Å²) in [5, 5.41) is 2.85. The summed E-state index contributed by atoms with van der Waals surface area (Å²) in [6, 6.07) is 5.11. The van der Waals surface area contributed by atoms with Gasteiger partial charge < -0.3 is 15.8 Å². The van der Waals surface area contributed by atoms with Gasteiger partial charge in [-0.25, -0.2) is 0 Å². The van der Waals surface area contributed by atoms with Gasteiger partial charge in [0.05, 0.1) is 6.61 Å². The zero-order valence-electron chi connectivity index (χ0n) is 10.00. The molecule has 17 heavy (non-hydrogen) atoms. The van der Waals surface area contributed by atoms with Gasteiger partial charge in [0.1, 0.15) is 0 Å². The van der Waals surface area contributed by atoms with Gasteiger partial charge in [-0.1, -0.05) is 15.9 Å². The highest BCUT2D eigenvalue weighted by Gasteiger charge is 2.10. The van der Waals surface area contributed by atoms with Crippen LogP contribution in [-0.4, -0.2) is 25.2 Å². The summed E-state index contributed by atoms with van der Waals surface area (Å²) in [6.07, 6.45) is 0. The van der Waals surface area contributed by atoms with Gasteiger partial charge in [-0.05, 0) is 32.0 Å². The third-order valence-electron chi connectivity index (χ3n) is 2.13. The predicted molar refractivity (Wildman–Crippen MR) is 72.0 cm³/mol. The molecule has 1 amide bonds. The highest BCUT2D eigenvalue weighted by molar-refractivity contribution is 9.10. The number of nitrogen functional groups attached to an aromatic ring is 1. The number of nitrogens with one attached hydrogen (secondary N) is 1. The number of anilines is 1. The summed E-state index contributed by atoms with van der Waals surface area (Å²) < 4.78 is 6.02. The molecule has 0 bridgehead atoms. The van der Waals surface area contributed by atoms with Crippen molar-refractivity contribution >= 4 is 27.5 Å². The topological polar surface area (TPSA) is 64.3 Å². The van der Waals surface area contributed by atoms with E-state index in [1.165, 1.54) is 0 Å². The second kappa shape index (κ2) is 6.61. The van der Waals surface area contributed by atoms with E-state index >= 15 is 0 Å². The van der Waals surface area contributed by atoms with Crippen LogP contribution in [0.4, 0.5) is 5.69 Å². The number of carbonyl (C=O) groups is 1. The third-order valence-corrected chi connectivity index (χ3v) is 2.59. The molecule has 1 aromatic carbocycles. The number of hydrogen-bond acceptors (Lipinski definition) is 3. The highest BCUT2D eigenvalue weighted by Crippen LogP contribution is 2.17. The lowest BCUT2D eigenvalue weighted by atomic mass is 10.2. The van der Waals surface area contributed by atoms with Gasteiger partial charge in [0.25, 0.3) is 5.91 Å². The Morgan fingerprint density at radius 1 is 1.53 bits per heavy atom. The van der Waals surface area contributed by atoms with Gasteiger partial charge >= 0.3 is 0 Å². The molecule has 5 heteroatoms. The molecule has 3 N–H and O–H groups in total. The normalized spacial score (nSPS) is 12.2. The number of amides is 1. The summed E-state index contributed by atoms with van der Waals surface area (Å²) in [7, 11) is 0. The maximum Gasteiger partial charge on any atom is 0.251 e. The first-order valence-electron chi connectivity index (χ1n) is 5.47. The Morgan fingerprint density at radius 2 is 2.24 bits per heavy atom. The van der Waals surface area contributed by atoms with Crippen LogP contribution in [0.15, 0.2) is 22.7 Å². The number of carbonyl (C=O) groups excluding carboxylic acids is 1. The van der Waals surface area contributed by atoms with Crippen LogP contribution in [0.5, 0.6) is 0 Å². The van der Waals surface area contributed by atoms with Crippen LogP contribution >= 0.6 is 15.9 Å². The van der Waals surface area contributed by atoms with E-state index < -0.39 is 0 Å². The fourth-order valence-electron chi connectivity index (χ4n) is 1.39. The molecule has 0 aliphatic rings. The van der Waals surface area contributed by atoms with Crippen molar-refractivity contribution in [3.8, 4) is 0 Å². The van der Waals surface area contributed by atoms with E-state index in [-0.39, 0.29) is 11.9 Å². The lowest BCUT2D eigenvalue weighted by Gasteiger charge is -2.14. The second-order valence-electron chi connectivity index (χ2n) is 3.81. The Hall–Kier alpha value is -1.07. The lowest BCUT2D eigenvalue weighted by Crippen LogP contribution is -2.35. The molecule has 0 aliphatic carbocycles. The SMILES string of the molecule is CCOCC(C)NC(=O)c1cc(N)cc(Br)c1. The van der Waals surface area contributed by atoms with Gasteiger partial charge in [-0.2, -0.15) is 0 Å². The molecule has 0 heterocycles. The number of halogens is 1. The largest absolute Gasteiger partial charge is 0.399 e. The molecule has 4 nitrogen and oxygen atoms in total. The minimum atomic E-state index is -0.148. The number of ether oxygens (including phenoxy) is 1. The molecular formula is C12H17BrN2O2. The number of nitrogens with two attached hydrogens (primary N) is 1. The van der Waals surface area contributed by atoms with Crippen LogP contribution in [-0.2, 0) is 4.74 Å². The molecule has 0 aliphatic heterocycles. The Morgan fingerprint density at radius 3 is 2.82 bits per heavy atom. The molecule has 1 rings (SSSR count). The Bertz CT molecular complexity index is 376. The average Bonchev–Trinajstić information content (AvgIpc) is 2.25. The van der Waals surface area contributed by atoms with Crippen LogP contribution in [0.3, 0.4) is 0 Å². The number of benzene rings is 1. The van der Waals surface area contributed by atoms with Gasteiger partial charge in [0, 0.05) is 28.4 Å². The first-order valence-corrected chi connectivity index (χ1v) is 6.27. The number of hydrogen-bond donors (Lipinski definition) is 2. The molecule has 0 saturated carbocycles. The van der Waals surface area contributed by atoms with Gasteiger partial charge in [0.2, 0.25) is 0 Å². The van der Waals surface area contributed by atoms with E-state index in [1.807, 2.05) is 13.8 Å². The van der Waals surface area contributed by atoms with E-state index in [2.05, 4.69) is 21.2 Å². The standard InChI is InChI=1S/C12H17BrN2O2/c1-3-17-7-8(2)15-12(16)9-4-10(13)6-11(14)5-9/h4-6,8H,3,7,14H2,1-2H3,(H,15,16). The van der Waals surface area contributed by atoms with E-state index in [4.69, 9.17) is 10.5 Å². The molecular weight excluding hydrogens is 284 g/mol. The van der Waals surface area contributed by atoms with E-state index in [0.29, 0.717) is 24.5 Å². The Balaban J connectivity index is 2.63. The fourth-order valence-corrected chi connectivity index (χ4v) is 1.90. The Kier molecular flexibility index (Phi) is 5.44. The predicted octanol–water partition coefficient (Wildman–Crippen LogP) is 2.19. The average molecular weight is 301 g/mol.